The van der Waals surface area contributed by atoms with E-state index in [9.17, 15) is 4.79 Å². The van der Waals surface area contributed by atoms with Crippen molar-refractivity contribution < 1.29 is 4.79 Å². The molecule has 1 heterocycles. The van der Waals surface area contributed by atoms with Gasteiger partial charge in [-0.15, -0.1) is 0 Å². The van der Waals surface area contributed by atoms with Crippen molar-refractivity contribution in [2.24, 2.45) is 5.92 Å². The molecule has 0 unspecified atom stereocenters. The predicted octanol–water partition coefficient (Wildman–Crippen LogP) is 5.11. The highest BCUT2D eigenvalue weighted by Gasteiger charge is 2.17. The molecule has 26 heavy (non-hydrogen) atoms. The third kappa shape index (κ3) is 5.10. The number of hydrogen-bond donors (Lipinski definition) is 1. The minimum atomic E-state index is 0.00369. The Morgan fingerprint density at radius 1 is 1.27 bits per heavy atom. The van der Waals surface area contributed by atoms with Gasteiger partial charge in [-0.3, -0.25) is 4.79 Å². The van der Waals surface area contributed by atoms with E-state index in [0.29, 0.717) is 6.42 Å². The standard InChI is InChI=1S/C22H27BrN2O/c1-16-5-4-12-25(15-16)21-10-8-19(9-11-21)17(2)24-22(26)14-18-6-3-7-20(23)13-18/h3,6-11,13,16-17H,4-5,12,14-15H2,1-2H3,(H,24,26)/t16-,17+/m1/s1. The highest BCUT2D eigenvalue weighted by molar-refractivity contribution is 9.10. The van der Waals surface area contributed by atoms with Crippen LogP contribution in [0.1, 0.15) is 43.9 Å². The molecule has 3 rings (SSSR count). The molecule has 0 aromatic heterocycles. The van der Waals surface area contributed by atoms with Gasteiger partial charge in [0.25, 0.3) is 0 Å². The largest absolute Gasteiger partial charge is 0.371 e. The molecule has 1 N–H and O–H groups in total. The van der Waals surface area contributed by atoms with E-state index in [1.54, 1.807) is 0 Å². The maximum Gasteiger partial charge on any atom is 0.224 e. The first-order chi connectivity index (χ1) is 12.5. The van der Waals surface area contributed by atoms with Crippen molar-refractivity contribution in [3.63, 3.8) is 0 Å². The van der Waals surface area contributed by atoms with E-state index in [4.69, 9.17) is 0 Å². The lowest BCUT2D eigenvalue weighted by Crippen LogP contribution is -2.34. The molecule has 1 aliphatic heterocycles. The van der Waals surface area contributed by atoms with Gasteiger partial charge in [-0.05, 0) is 61.1 Å². The Morgan fingerprint density at radius 3 is 2.73 bits per heavy atom. The van der Waals surface area contributed by atoms with Crippen LogP contribution in [0.25, 0.3) is 0 Å². The smallest absolute Gasteiger partial charge is 0.224 e. The summed E-state index contributed by atoms with van der Waals surface area (Å²) >= 11 is 3.45. The van der Waals surface area contributed by atoms with Gasteiger partial charge in [-0.1, -0.05) is 47.1 Å². The molecule has 0 spiro atoms. The normalized spacial score (nSPS) is 18.4. The number of rotatable bonds is 5. The van der Waals surface area contributed by atoms with Gasteiger partial charge >= 0.3 is 0 Å². The van der Waals surface area contributed by atoms with Crippen LogP contribution in [-0.4, -0.2) is 19.0 Å². The number of anilines is 1. The number of piperidine rings is 1. The molecular weight excluding hydrogens is 388 g/mol. The van der Waals surface area contributed by atoms with Crippen molar-refractivity contribution in [3.05, 3.63) is 64.1 Å². The maximum atomic E-state index is 12.3. The molecule has 2 aromatic carbocycles. The van der Waals surface area contributed by atoms with Crippen LogP contribution in [0.15, 0.2) is 53.0 Å². The van der Waals surface area contributed by atoms with E-state index < -0.39 is 0 Å². The van der Waals surface area contributed by atoms with Crippen molar-refractivity contribution in [1.82, 2.24) is 5.32 Å². The van der Waals surface area contributed by atoms with Crippen LogP contribution < -0.4 is 10.2 Å². The van der Waals surface area contributed by atoms with Crippen LogP contribution >= 0.6 is 15.9 Å². The quantitative estimate of drug-likeness (QED) is 0.737. The van der Waals surface area contributed by atoms with E-state index in [-0.39, 0.29) is 11.9 Å². The Hall–Kier alpha value is -1.81. The third-order valence-electron chi connectivity index (χ3n) is 5.05. The van der Waals surface area contributed by atoms with Gasteiger partial charge in [0.2, 0.25) is 5.91 Å². The van der Waals surface area contributed by atoms with Crippen LogP contribution in [0.5, 0.6) is 0 Å². The molecule has 2 atom stereocenters. The van der Waals surface area contributed by atoms with Gasteiger partial charge in [-0.2, -0.15) is 0 Å². The number of nitrogens with one attached hydrogen (secondary N) is 1. The average Bonchev–Trinajstić information content (AvgIpc) is 2.61. The van der Waals surface area contributed by atoms with E-state index in [2.05, 4.69) is 57.3 Å². The summed E-state index contributed by atoms with van der Waals surface area (Å²) in [5.74, 6) is 0.809. The number of amides is 1. The highest BCUT2D eigenvalue weighted by Crippen LogP contribution is 2.24. The molecule has 3 nitrogen and oxygen atoms in total. The second-order valence-electron chi connectivity index (χ2n) is 7.38. The van der Waals surface area contributed by atoms with E-state index >= 15 is 0 Å². The van der Waals surface area contributed by atoms with Crippen molar-refractivity contribution in [2.75, 3.05) is 18.0 Å². The van der Waals surface area contributed by atoms with Gasteiger partial charge in [0.05, 0.1) is 12.5 Å². The van der Waals surface area contributed by atoms with Gasteiger partial charge in [0.15, 0.2) is 0 Å². The molecule has 1 amide bonds. The molecule has 1 aliphatic rings. The van der Waals surface area contributed by atoms with Gasteiger partial charge < -0.3 is 10.2 Å². The van der Waals surface area contributed by atoms with Gasteiger partial charge in [-0.25, -0.2) is 0 Å². The molecule has 1 saturated heterocycles. The predicted molar refractivity (Wildman–Crippen MR) is 111 cm³/mol. The van der Waals surface area contributed by atoms with Crippen molar-refractivity contribution >= 4 is 27.5 Å². The lowest BCUT2D eigenvalue weighted by atomic mass is 9.99. The van der Waals surface area contributed by atoms with Crippen LogP contribution in [0.2, 0.25) is 0 Å². The summed E-state index contributed by atoms with van der Waals surface area (Å²) in [5, 5.41) is 3.10. The SMILES string of the molecule is C[C@@H]1CCCN(c2ccc([C@H](C)NC(=O)Cc3cccc(Br)c3)cc2)C1. The molecule has 138 valence electrons. The molecule has 1 fully saturated rings. The Morgan fingerprint density at radius 2 is 2.04 bits per heavy atom. The molecule has 0 saturated carbocycles. The summed E-state index contributed by atoms with van der Waals surface area (Å²) in [6.07, 6.45) is 2.99. The Labute approximate surface area is 164 Å². The monoisotopic (exact) mass is 414 g/mol. The summed E-state index contributed by atoms with van der Waals surface area (Å²) in [6.45, 7) is 6.64. The van der Waals surface area contributed by atoms with Crippen LogP contribution in [0.3, 0.4) is 0 Å². The number of benzene rings is 2. The molecule has 0 bridgehead atoms. The van der Waals surface area contributed by atoms with Crippen LogP contribution in [0.4, 0.5) is 5.69 Å². The lowest BCUT2D eigenvalue weighted by Gasteiger charge is -2.33. The lowest BCUT2D eigenvalue weighted by molar-refractivity contribution is -0.121. The second kappa shape index (κ2) is 8.72. The fraction of sp³-hybridized carbons (Fsp3) is 0.409. The zero-order chi connectivity index (χ0) is 18.5. The molecule has 4 heteroatoms. The van der Waals surface area contributed by atoms with Gasteiger partial charge in [0.1, 0.15) is 0 Å². The fourth-order valence-electron chi connectivity index (χ4n) is 3.61. The van der Waals surface area contributed by atoms with E-state index in [0.717, 1.165) is 34.6 Å². The third-order valence-corrected chi connectivity index (χ3v) is 5.54. The average molecular weight is 415 g/mol. The summed E-state index contributed by atoms with van der Waals surface area (Å²) < 4.78 is 0.999. The first kappa shape index (κ1) is 19.0. The van der Waals surface area contributed by atoms with Crippen molar-refractivity contribution in [2.45, 2.75) is 39.2 Å². The molecular formula is C22H27BrN2O. The molecule has 0 radical (unpaired) electrons. The highest BCUT2D eigenvalue weighted by atomic mass is 79.9. The first-order valence-electron chi connectivity index (χ1n) is 9.40. The summed E-state index contributed by atoms with van der Waals surface area (Å²) in [5.41, 5.74) is 3.44. The van der Waals surface area contributed by atoms with Crippen molar-refractivity contribution in [3.8, 4) is 0 Å². The number of carbonyl (C=O) groups excluding carboxylic acids is 1. The Balaban J connectivity index is 1.57. The van der Waals surface area contributed by atoms with Gasteiger partial charge in [0, 0.05) is 23.2 Å². The molecule has 0 aliphatic carbocycles. The van der Waals surface area contributed by atoms with Crippen molar-refractivity contribution in [1.29, 1.82) is 0 Å². The van der Waals surface area contributed by atoms with E-state index in [1.807, 2.05) is 31.2 Å². The number of halogens is 1. The van der Waals surface area contributed by atoms with Crippen LogP contribution in [-0.2, 0) is 11.2 Å². The van der Waals surface area contributed by atoms with E-state index in [1.165, 1.54) is 18.5 Å². The Bertz CT molecular complexity index is 744. The fourth-order valence-corrected chi connectivity index (χ4v) is 4.05. The summed E-state index contributed by atoms with van der Waals surface area (Å²) in [7, 11) is 0. The summed E-state index contributed by atoms with van der Waals surface area (Å²) in [6, 6.07) is 16.5. The zero-order valence-corrected chi connectivity index (χ0v) is 17.1. The second-order valence-corrected chi connectivity index (χ2v) is 8.30. The Kier molecular flexibility index (Phi) is 6.36. The molecule has 2 aromatic rings. The first-order valence-corrected chi connectivity index (χ1v) is 10.2. The number of carbonyl (C=O) groups is 1. The minimum Gasteiger partial charge on any atom is -0.371 e. The summed E-state index contributed by atoms with van der Waals surface area (Å²) in [4.78, 5) is 14.8. The number of hydrogen-bond acceptors (Lipinski definition) is 2. The topological polar surface area (TPSA) is 32.3 Å². The maximum absolute atomic E-state index is 12.3. The van der Waals surface area contributed by atoms with Crippen LogP contribution in [0, 0.1) is 5.92 Å². The number of nitrogens with zero attached hydrogens (tertiary/aromatic N) is 1. The zero-order valence-electron chi connectivity index (χ0n) is 15.5. The minimum absolute atomic E-state index is 0.00369.